The Kier molecular flexibility index (Phi) is 5.78. The van der Waals surface area contributed by atoms with Gasteiger partial charge in [0.25, 0.3) is 0 Å². The average molecular weight is 302 g/mol. The van der Waals surface area contributed by atoms with Crippen molar-refractivity contribution < 1.29 is 9.15 Å². The number of aryl methyl sites for hydroxylation is 1. The monoisotopic (exact) mass is 301 g/mol. The molecular weight excluding hydrogens is 286 g/mol. The highest BCUT2D eigenvalue weighted by molar-refractivity contribution is 7.14. The molecule has 0 unspecified atom stereocenters. The molecular formula is C12H16ClN3O2S. The van der Waals surface area contributed by atoms with Crippen LogP contribution in [0, 0.1) is 0 Å². The van der Waals surface area contributed by atoms with E-state index in [-0.39, 0.29) is 0 Å². The number of nitrogens with zero attached hydrogens (tertiary/aromatic N) is 2. The Hall–Kier alpha value is -0.950. The number of furan rings is 1. The van der Waals surface area contributed by atoms with Crippen LogP contribution in [0.5, 0.6) is 0 Å². The van der Waals surface area contributed by atoms with Gasteiger partial charge in [0.2, 0.25) is 5.22 Å². The summed E-state index contributed by atoms with van der Waals surface area (Å²) in [7, 11) is 1.70. The fraction of sp³-hybridized carbons (Fsp3) is 0.500. The van der Waals surface area contributed by atoms with Crippen LogP contribution < -0.4 is 5.32 Å². The van der Waals surface area contributed by atoms with Gasteiger partial charge in [-0.1, -0.05) is 11.3 Å². The van der Waals surface area contributed by atoms with Crippen molar-refractivity contribution in [1.29, 1.82) is 0 Å². The molecule has 2 aromatic heterocycles. The summed E-state index contributed by atoms with van der Waals surface area (Å²) in [5, 5.41) is 13.8. The van der Waals surface area contributed by atoms with Crippen LogP contribution >= 0.6 is 22.9 Å². The Morgan fingerprint density at radius 1 is 1.42 bits per heavy atom. The molecule has 2 aromatic rings. The summed E-state index contributed by atoms with van der Waals surface area (Å²) >= 11 is 7.46. The van der Waals surface area contributed by atoms with Crippen LogP contribution in [0.1, 0.15) is 11.4 Å². The lowest BCUT2D eigenvalue weighted by Crippen LogP contribution is -2.20. The maximum atomic E-state index is 5.91. The summed E-state index contributed by atoms with van der Waals surface area (Å²) in [4.78, 5) is 0. The third kappa shape index (κ3) is 4.28. The predicted molar refractivity (Wildman–Crippen MR) is 75.7 cm³/mol. The maximum Gasteiger partial charge on any atom is 0.203 e. The maximum absolute atomic E-state index is 5.91. The van der Waals surface area contributed by atoms with Gasteiger partial charge >= 0.3 is 0 Å². The normalized spacial score (nSPS) is 11.1. The first-order valence-electron chi connectivity index (χ1n) is 6.06. The minimum atomic E-state index is 0.365. The first kappa shape index (κ1) is 14.5. The summed E-state index contributed by atoms with van der Waals surface area (Å²) in [6.45, 7) is 2.56. The second kappa shape index (κ2) is 7.59. The smallest absolute Gasteiger partial charge is 0.203 e. The fourth-order valence-electron chi connectivity index (χ4n) is 1.57. The summed E-state index contributed by atoms with van der Waals surface area (Å²) in [6.07, 6.45) is 3.49. The highest BCUT2D eigenvalue weighted by Gasteiger charge is 2.11. The average Bonchev–Trinajstić information content (AvgIpc) is 3.02. The van der Waals surface area contributed by atoms with Crippen LogP contribution in [0.4, 0.5) is 0 Å². The summed E-state index contributed by atoms with van der Waals surface area (Å²) < 4.78 is 10.0. The highest BCUT2D eigenvalue weighted by Crippen LogP contribution is 2.31. The molecule has 104 valence electrons. The molecule has 0 aliphatic carbocycles. The Labute approximate surface area is 120 Å². The number of aromatic nitrogens is 2. The van der Waals surface area contributed by atoms with Crippen LogP contribution in [0.3, 0.4) is 0 Å². The van der Waals surface area contributed by atoms with E-state index in [9.17, 15) is 0 Å². The first-order chi connectivity index (χ1) is 9.31. The van der Waals surface area contributed by atoms with Crippen LogP contribution in [-0.4, -0.2) is 37.0 Å². The molecule has 0 fully saturated rings. The van der Waals surface area contributed by atoms with Crippen molar-refractivity contribution in [2.75, 3.05) is 26.8 Å². The molecule has 2 rings (SSSR count). The Balaban J connectivity index is 1.77. The third-order valence-electron chi connectivity index (χ3n) is 2.54. The number of ether oxygens (including phenoxy) is 1. The molecule has 5 nitrogen and oxygen atoms in total. The SMILES string of the molecule is COCCNCCCc1nnc(-c2ccoc2Cl)s1. The second-order valence-electron chi connectivity index (χ2n) is 3.96. The first-order valence-corrected chi connectivity index (χ1v) is 7.26. The number of rotatable bonds is 8. The predicted octanol–water partition coefficient (Wildman–Crippen LogP) is 2.62. The van der Waals surface area contributed by atoms with Gasteiger partial charge < -0.3 is 14.5 Å². The fourth-order valence-corrected chi connectivity index (χ4v) is 2.74. The molecule has 0 aliphatic rings. The van der Waals surface area contributed by atoms with Gasteiger partial charge in [0, 0.05) is 20.1 Å². The molecule has 19 heavy (non-hydrogen) atoms. The number of halogens is 1. The zero-order valence-electron chi connectivity index (χ0n) is 10.7. The van der Waals surface area contributed by atoms with Gasteiger partial charge in [0.15, 0.2) is 5.01 Å². The largest absolute Gasteiger partial charge is 0.452 e. The lowest BCUT2D eigenvalue weighted by Gasteiger charge is -2.01. The van der Waals surface area contributed by atoms with Crippen LogP contribution in [-0.2, 0) is 11.2 Å². The van der Waals surface area contributed by atoms with Gasteiger partial charge in [0.05, 0.1) is 18.4 Å². The molecule has 0 spiro atoms. The van der Waals surface area contributed by atoms with E-state index in [0.717, 1.165) is 48.1 Å². The van der Waals surface area contributed by atoms with Gasteiger partial charge in [-0.15, -0.1) is 10.2 Å². The summed E-state index contributed by atoms with van der Waals surface area (Å²) in [5.74, 6) is 0. The zero-order chi connectivity index (χ0) is 13.5. The van der Waals surface area contributed by atoms with Crippen molar-refractivity contribution in [3.63, 3.8) is 0 Å². The highest BCUT2D eigenvalue weighted by atomic mass is 35.5. The minimum absolute atomic E-state index is 0.365. The van der Waals surface area contributed by atoms with Crippen LogP contribution in [0.15, 0.2) is 16.7 Å². The topological polar surface area (TPSA) is 60.2 Å². The molecule has 0 aromatic carbocycles. The Morgan fingerprint density at radius 3 is 3.05 bits per heavy atom. The number of nitrogens with one attached hydrogen (secondary N) is 1. The molecule has 0 saturated heterocycles. The van der Waals surface area contributed by atoms with Crippen molar-refractivity contribution in [2.45, 2.75) is 12.8 Å². The Bertz CT molecular complexity index is 501. The summed E-state index contributed by atoms with van der Waals surface area (Å²) in [6, 6.07) is 1.80. The van der Waals surface area contributed by atoms with Crippen molar-refractivity contribution in [3.05, 3.63) is 22.6 Å². The van der Waals surface area contributed by atoms with E-state index < -0.39 is 0 Å². The van der Waals surface area contributed by atoms with E-state index in [2.05, 4.69) is 15.5 Å². The second-order valence-corrected chi connectivity index (χ2v) is 5.36. The molecule has 0 bridgehead atoms. The van der Waals surface area contributed by atoms with Gasteiger partial charge in [-0.25, -0.2) is 0 Å². The number of methoxy groups -OCH3 is 1. The van der Waals surface area contributed by atoms with E-state index in [4.69, 9.17) is 20.8 Å². The zero-order valence-corrected chi connectivity index (χ0v) is 12.3. The molecule has 2 heterocycles. The van der Waals surface area contributed by atoms with Crippen molar-refractivity contribution in [2.24, 2.45) is 0 Å². The van der Waals surface area contributed by atoms with Gasteiger partial charge in [-0.3, -0.25) is 0 Å². The van der Waals surface area contributed by atoms with Gasteiger partial charge in [-0.05, 0) is 30.6 Å². The molecule has 1 N–H and O–H groups in total. The minimum Gasteiger partial charge on any atom is -0.452 e. The van der Waals surface area contributed by atoms with Gasteiger partial charge in [-0.2, -0.15) is 0 Å². The van der Waals surface area contributed by atoms with Crippen LogP contribution in [0.2, 0.25) is 5.22 Å². The molecule has 0 atom stereocenters. The van der Waals surface area contributed by atoms with E-state index in [1.165, 1.54) is 0 Å². The van der Waals surface area contributed by atoms with E-state index in [1.807, 2.05) is 0 Å². The van der Waals surface area contributed by atoms with Crippen LogP contribution in [0.25, 0.3) is 10.6 Å². The molecule has 0 aliphatic heterocycles. The molecule has 0 radical (unpaired) electrons. The van der Waals surface area contributed by atoms with Crippen molar-refractivity contribution in [1.82, 2.24) is 15.5 Å². The van der Waals surface area contributed by atoms with E-state index in [1.54, 1.807) is 30.8 Å². The Morgan fingerprint density at radius 2 is 2.32 bits per heavy atom. The molecule has 7 heteroatoms. The van der Waals surface area contributed by atoms with Crippen molar-refractivity contribution >= 4 is 22.9 Å². The standard InChI is InChI=1S/C12H16ClN3O2S/c1-17-8-6-14-5-2-3-10-15-16-12(19-10)9-4-7-18-11(9)13/h4,7,14H,2-3,5-6,8H2,1H3. The lowest BCUT2D eigenvalue weighted by atomic mass is 10.3. The summed E-state index contributed by atoms with van der Waals surface area (Å²) in [5.41, 5.74) is 0.809. The van der Waals surface area contributed by atoms with E-state index in [0.29, 0.717) is 5.22 Å². The van der Waals surface area contributed by atoms with E-state index >= 15 is 0 Å². The quantitative estimate of drug-likeness (QED) is 0.760. The van der Waals surface area contributed by atoms with Crippen molar-refractivity contribution in [3.8, 4) is 10.6 Å². The third-order valence-corrected chi connectivity index (χ3v) is 3.85. The lowest BCUT2D eigenvalue weighted by molar-refractivity contribution is 0.199. The molecule has 0 saturated carbocycles. The van der Waals surface area contributed by atoms with Gasteiger partial charge in [0.1, 0.15) is 5.01 Å². The number of hydrogen-bond acceptors (Lipinski definition) is 6. The number of hydrogen-bond donors (Lipinski definition) is 1. The molecule has 0 amide bonds.